The van der Waals surface area contributed by atoms with Crippen LogP contribution < -0.4 is 15.2 Å². The van der Waals surface area contributed by atoms with Crippen molar-refractivity contribution in [1.29, 1.82) is 0 Å². The lowest BCUT2D eigenvalue weighted by Crippen LogP contribution is -2.11. The first-order chi connectivity index (χ1) is 8.76. The van der Waals surface area contributed by atoms with E-state index in [1.165, 1.54) is 0 Å². The second-order valence-electron chi connectivity index (χ2n) is 3.84. The number of thiophene rings is 1. The summed E-state index contributed by atoms with van der Waals surface area (Å²) < 4.78 is 10.8. The first-order valence-corrected chi connectivity index (χ1v) is 6.74. The zero-order valence-corrected chi connectivity index (χ0v) is 11.4. The molecule has 0 aliphatic rings. The highest BCUT2D eigenvalue weighted by Gasteiger charge is 2.15. The topological polar surface area (TPSA) is 44.5 Å². The van der Waals surface area contributed by atoms with Gasteiger partial charge in [0.2, 0.25) is 0 Å². The summed E-state index contributed by atoms with van der Waals surface area (Å²) in [7, 11) is 1.66. The minimum atomic E-state index is -0.180. The van der Waals surface area contributed by atoms with Crippen LogP contribution in [0.15, 0.2) is 35.7 Å². The standard InChI is InChI=1S/C14H17NO2S/c1-3-17-11-6-4-5-10(9-11)13(15)14-12(16-2)7-8-18-14/h4-9,13H,3,15H2,1-2H3. The fraction of sp³-hybridized carbons (Fsp3) is 0.286. The van der Waals surface area contributed by atoms with E-state index in [1.54, 1.807) is 18.4 Å². The molecular weight excluding hydrogens is 246 g/mol. The lowest BCUT2D eigenvalue weighted by atomic mass is 10.1. The van der Waals surface area contributed by atoms with Crippen LogP contribution in [-0.4, -0.2) is 13.7 Å². The highest BCUT2D eigenvalue weighted by atomic mass is 32.1. The molecular formula is C14H17NO2S. The molecule has 0 radical (unpaired) electrons. The van der Waals surface area contributed by atoms with Crippen LogP contribution in [0, 0.1) is 0 Å². The summed E-state index contributed by atoms with van der Waals surface area (Å²) >= 11 is 1.61. The van der Waals surface area contributed by atoms with Crippen molar-refractivity contribution in [1.82, 2.24) is 0 Å². The minimum Gasteiger partial charge on any atom is -0.496 e. The van der Waals surface area contributed by atoms with Gasteiger partial charge in [-0.3, -0.25) is 0 Å². The van der Waals surface area contributed by atoms with Crippen LogP contribution in [0.3, 0.4) is 0 Å². The van der Waals surface area contributed by atoms with Gasteiger partial charge in [-0.05, 0) is 36.1 Å². The van der Waals surface area contributed by atoms with Crippen LogP contribution in [0.25, 0.3) is 0 Å². The van der Waals surface area contributed by atoms with Gasteiger partial charge in [0, 0.05) is 0 Å². The molecule has 1 aromatic carbocycles. The number of nitrogens with two attached hydrogens (primary N) is 1. The van der Waals surface area contributed by atoms with Gasteiger partial charge in [0.1, 0.15) is 11.5 Å². The summed E-state index contributed by atoms with van der Waals surface area (Å²) in [5, 5.41) is 1.99. The largest absolute Gasteiger partial charge is 0.496 e. The molecule has 0 spiro atoms. The third-order valence-electron chi connectivity index (χ3n) is 2.69. The zero-order valence-electron chi connectivity index (χ0n) is 10.6. The molecule has 1 unspecified atom stereocenters. The van der Waals surface area contributed by atoms with Crippen LogP contribution in [0.4, 0.5) is 0 Å². The van der Waals surface area contributed by atoms with Crippen LogP contribution in [0.2, 0.25) is 0 Å². The summed E-state index contributed by atoms with van der Waals surface area (Å²) in [5.41, 5.74) is 7.31. The highest BCUT2D eigenvalue weighted by Crippen LogP contribution is 2.34. The maximum atomic E-state index is 6.28. The van der Waals surface area contributed by atoms with E-state index in [2.05, 4.69) is 0 Å². The Morgan fingerprint density at radius 2 is 2.17 bits per heavy atom. The van der Waals surface area contributed by atoms with Gasteiger partial charge < -0.3 is 15.2 Å². The monoisotopic (exact) mass is 263 g/mol. The molecule has 2 aromatic rings. The average Bonchev–Trinajstić information content (AvgIpc) is 2.87. The Morgan fingerprint density at radius 3 is 2.89 bits per heavy atom. The molecule has 2 N–H and O–H groups in total. The predicted octanol–water partition coefficient (Wildman–Crippen LogP) is 3.20. The molecule has 0 bridgehead atoms. The van der Waals surface area contributed by atoms with Crippen LogP contribution in [0.1, 0.15) is 23.4 Å². The number of hydrogen-bond acceptors (Lipinski definition) is 4. The number of ether oxygens (including phenoxy) is 2. The molecule has 3 nitrogen and oxygen atoms in total. The second kappa shape index (κ2) is 5.89. The summed E-state index contributed by atoms with van der Waals surface area (Å²) in [6, 6.07) is 9.64. The van der Waals surface area contributed by atoms with Crippen LogP contribution >= 0.6 is 11.3 Å². The number of hydrogen-bond donors (Lipinski definition) is 1. The quantitative estimate of drug-likeness (QED) is 0.901. The first-order valence-electron chi connectivity index (χ1n) is 5.86. The maximum absolute atomic E-state index is 6.28. The van der Waals surface area contributed by atoms with Gasteiger partial charge >= 0.3 is 0 Å². The number of methoxy groups -OCH3 is 1. The van der Waals surface area contributed by atoms with Crippen molar-refractivity contribution in [2.24, 2.45) is 5.73 Å². The Balaban J connectivity index is 2.28. The molecule has 4 heteroatoms. The molecule has 0 fully saturated rings. The third kappa shape index (κ3) is 2.66. The SMILES string of the molecule is CCOc1cccc(C(N)c2sccc2OC)c1. The van der Waals surface area contributed by atoms with E-state index in [1.807, 2.05) is 42.6 Å². The molecule has 18 heavy (non-hydrogen) atoms. The van der Waals surface area contributed by atoms with Crippen molar-refractivity contribution >= 4 is 11.3 Å². The van der Waals surface area contributed by atoms with Crippen molar-refractivity contribution in [2.75, 3.05) is 13.7 Å². The Labute approximate surface area is 111 Å². The van der Waals surface area contributed by atoms with E-state index in [0.29, 0.717) is 6.61 Å². The summed E-state index contributed by atoms with van der Waals surface area (Å²) in [5.74, 6) is 1.69. The van der Waals surface area contributed by atoms with Gasteiger partial charge in [0.25, 0.3) is 0 Å². The van der Waals surface area contributed by atoms with Crippen molar-refractivity contribution in [3.63, 3.8) is 0 Å². The van der Waals surface area contributed by atoms with E-state index >= 15 is 0 Å². The molecule has 2 rings (SSSR count). The van der Waals surface area contributed by atoms with Crippen molar-refractivity contribution < 1.29 is 9.47 Å². The Morgan fingerprint density at radius 1 is 1.33 bits per heavy atom. The highest BCUT2D eigenvalue weighted by molar-refractivity contribution is 7.10. The molecule has 0 saturated heterocycles. The van der Waals surface area contributed by atoms with Gasteiger partial charge in [-0.25, -0.2) is 0 Å². The van der Waals surface area contributed by atoms with Gasteiger partial charge in [-0.1, -0.05) is 12.1 Å². The van der Waals surface area contributed by atoms with Crippen molar-refractivity contribution in [3.8, 4) is 11.5 Å². The van der Waals surface area contributed by atoms with E-state index < -0.39 is 0 Å². The van der Waals surface area contributed by atoms with Gasteiger partial charge in [-0.2, -0.15) is 0 Å². The number of benzene rings is 1. The normalized spacial score (nSPS) is 12.2. The second-order valence-corrected chi connectivity index (χ2v) is 4.78. The summed E-state index contributed by atoms with van der Waals surface area (Å²) in [6.45, 7) is 2.62. The molecule has 0 saturated carbocycles. The smallest absolute Gasteiger partial charge is 0.134 e. The van der Waals surface area contributed by atoms with Gasteiger partial charge in [0.05, 0.1) is 24.6 Å². The van der Waals surface area contributed by atoms with Crippen LogP contribution in [-0.2, 0) is 0 Å². The fourth-order valence-electron chi connectivity index (χ4n) is 1.82. The van der Waals surface area contributed by atoms with E-state index in [4.69, 9.17) is 15.2 Å². The van der Waals surface area contributed by atoms with E-state index in [0.717, 1.165) is 21.9 Å². The zero-order chi connectivity index (χ0) is 13.0. The molecule has 0 aliphatic heterocycles. The minimum absolute atomic E-state index is 0.180. The predicted molar refractivity (Wildman–Crippen MR) is 74.5 cm³/mol. The fourth-order valence-corrected chi connectivity index (χ4v) is 2.71. The lowest BCUT2D eigenvalue weighted by molar-refractivity contribution is 0.339. The maximum Gasteiger partial charge on any atom is 0.134 e. The third-order valence-corrected chi connectivity index (χ3v) is 3.67. The first kappa shape index (κ1) is 12.9. The summed E-state index contributed by atoms with van der Waals surface area (Å²) in [4.78, 5) is 1.03. The average molecular weight is 263 g/mol. The molecule has 96 valence electrons. The van der Waals surface area contributed by atoms with Gasteiger partial charge in [0.15, 0.2) is 0 Å². The van der Waals surface area contributed by atoms with Gasteiger partial charge in [-0.15, -0.1) is 11.3 Å². The Hall–Kier alpha value is -1.52. The Bertz CT molecular complexity index is 510. The van der Waals surface area contributed by atoms with Crippen molar-refractivity contribution in [3.05, 3.63) is 46.2 Å². The Kier molecular flexibility index (Phi) is 4.23. The lowest BCUT2D eigenvalue weighted by Gasteiger charge is -2.13. The van der Waals surface area contributed by atoms with Crippen molar-refractivity contribution in [2.45, 2.75) is 13.0 Å². The molecule has 1 aromatic heterocycles. The molecule has 0 amide bonds. The summed E-state index contributed by atoms with van der Waals surface area (Å²) in [6.07, 6.45) is 0. The van der Waals surface area contributed by atoms with E-state index in [9.17, 15) is 0 Å². The number of rotatable bonds is 5. The molecule has 0 aliphatic carbocycles. The molecule has 1 heterocycles. The van der Waals surface area contributed by atoms with E-state index in [-0.39, 0.29) is 6.04 Å². The van der Waals surface area contributed by atoms with Crippen LogP contribution in [0.5, 0.6) is 11.5 Å². The molecule has 1 atom stereocenters.